The molecule has 90 valence electrons. The van der Waals surface area contributed by atoms with Crippen molar-refractivity contribution in [3.8, 4) is 0 Å². The smallest absolute Gasteiger partial charge is 0.216 e. The highest BCUT2D eigenvalue weighted by Crippen LogP contribution is 2.30. The molecule has 1 atom stereocenters. The van der Waals surface area contributed by atoms with Gasteiger partial charge in [-0.3, -0.25) is 0 Å². The minimum atomic E-state index is -1.84. The van der Waals surface area contributed by atoms with Gasteiger partial charge in [-0.25, -0.2) is 4.39 Å². The molecule has 0 aliphatic rings. The Balaban J connectivity index is 2.73. The maximum atomic E-state index is 14.0. The Bertz CT molecular complexity index is 290. The third-order valence-electron chi connectivity index (χ3n) is 3.35. The van der Waals surface area contributed by atoms with Gasteiger partial charge in [0.25, 0.3) is 0 Å². The molecule has 1 nitrogen and oxygen atoms in total. The summed E-state index contributed by atoms with van der Waals surface area (Å²) in [5.74, 6) is 0. The van der Waals surface area contributed by atoms with E-state index in [-0.39, 0.29) is 0 Å². The number of halogens is 1. The summed E-state index contributed by atoms with van der Waals surface area (Å²) in [6, 6.07) is 12.1. The SMILES string of the molecule is CC[Si](CC)(CC)OC(F)c1ccccc1. The fourth-order valence-corrected chi connectivity index (χ4v) is 4.47. The van der Waals surface area contributed by atoms with Crippen LogP contribution < -0.4 is 0 Å². The van der Waals surface area contributed by atoms with Gasteiger partial charge in [-0.1, -0.05) is 51.1 Å². The Morgan fingerprint density at radius 1 is 1.06 bits per heavy atom. The lowest BCUT2D eigenvalue weighted by molar-refractivity contribution is 0.0552. The Labute approximate surface area is 98.8 Å². The van der Waals surface area contributed by atoms with Crippen LogP contribution >= 0.6 is 0 Å². The number of rotatable bonds is 6. The lowest BCUT2D eigenvalue weighted by Crippen LogP contribution is -2.36. The molecule has 0 amide bonds. The summed E-state index contributed by atoms with van der Waals surface area (Å²) in [4.78, 5) is 0. The van der Waals surface area contributed by atoms with Crippen LogP contribution in [0.4, 0.5) is 4.39 Å². The third kappa shape index (κ3) is 3.16. The van der Waals surface area contributed by atoms with Crippen molar-refractivity contribution in [2.75, 3.05) is 0 Å². The van der Waals surface area contributed by atoms with Gasteiger partial charge in [-0.05, 0) is 18.1 Å². The molecule has 0 aliphatic carbocycles. The fourth-order valence-electron chi connectivity index (χ4n) is 1.89. The Morgan fingerprint density at radius 3 is 2.00 bits per heavy atom. The van der Waals surface area contributed by atoms with Crippen LogP contribution in [0.3, 0.4) is 0 Å². The molecule has 0 saturated heterocycles. The normalized spacial score (nSPS) is 13.8. The van der Waals surface area contributed by atoms with Crippen molar-refractivity contribution in [2.24, 2.45) is 0 Å². The first kappa shape index (κ1) is 13.4. The molecule has 0 bridgehead atoms. The molecule has 0 heterocycles. The fraction of sp³-hybridized carbons (Fsp3) is 0.538. The van der Waals surface area contributed by atoms with E-state index in [0.29, 0.717) is 5.56 Å². The summed E-state index contributed by atoms with van der Waals surface area (Å²) in [5.41, 5.74) is 0.634. The first-order valence-electron chi connectivity index (χ1n) is 6.04. The number of hydrogen-bond acceptors (Lipinski definition) is 1. The summed E-state index contributed by atoms with van der Waals surface area (Å²) >= 11 is 0. The largest absolute Gasteiger partial charge is 0.385 e. The van der Waals surface area contributed by atoms with Crippen LogP contribution in [0.15, 0.2) is 30.3 Å². The van der Waals surface area contributed by atoms with Gasteiger partial charge in [0.15, 0.2) is 8.32 Å². The molecule has 0 aromatic heterocycles. The molecule has 1 rings (SSSR count). The number of alkyl halides is 1. The molecule has 1 aromatic carbocycles. The second kappa shape index (κ2) is 6.16. The molecular formula is C13H21FOSi. The molecule has 1 aromatic rings. The zero-order chi connectivity index (χ0) is 12.0. The molecule has 0 saturated carbocycles. The minimum Gasteiger partial charge on any atom is -0.385 e. The number of hydrogen-bond donors (Lipinski definition) is 0. The maximum absolute atomic E-state index is 14.0. The zero-order valence-corrected chi connectivity index (χ0v) is 11.4. The van der Waals surface area contributed by atoms with E-state index in [1.165, 1.54) is 0 Å². The highest BCUT2D eigenvalue weighted by Gasteiger charge is 2.32. The average molecular weight is 240 g/mol. The van der Waals surface area contributed by atoms with Crippen molar-refractivity contribution in [3.63, 3.8) is 0 Å². The van der Waals surface area contributed by atoms with E-state index in [1.807, 2.05) is 18.2 Å². The first-order chi connectivity index (χ1) is 7.67. The molecule has 0 spiro atoms. The van der Waals surface area contributed by atoms with Crippen LogP contribution in [0.2, 0.25) is 18.1 Å². The summed E-state index contributed by atoms with van der Waals surface area (Å²) in [5, 5.41) is 0. The van der Waals surface area contributed by atoms with Crippen LogP contribution in [-0.2, 0) is 4.43 Å². The van der Waals surface area contributed by atoms with Gasteiger partial charge in [0, 0.05) is 5.56 Å². The lowest BCUT2D eigenvalue weighted by atomic mass is 10.2. The highest BCUT2D eigenvalue weighted by molar-refractivity contribution is 6.73. The molecule has 0 N–H and O–H groups in total. The van der Waals surface area contributed by atoms with Crippen molar-refractivity contribution in [3.05, 3.63) is 35.9 Å². The summed E-state index contributed by atoms with van der Waals surface area (Å²) in [6.45, 7) is 6.32. The van der Waals surface area contributed by atoms with Gasteiger partial charge in [-0.2, -0.15) is 0 Å². The Hall–Kier alpha value is -0.673. The van der Waals surface area contributed by atoms with Gasteiger partial charge in [0.2, 0.25) is 6.36 Å². The van der Waals surface area contributed by atoms with Gasteiger partial charge in [-0.15, -0.1) is 0 Å². The molecule has 0 radical (unpaired) electrons. The monoisotopic (exact) mass is 240 g/mol. The van der Waals surface area contributed by atoms with Gasteiger partial charge >= 0.3 is 0 Å². The number of benzene rings is 1. The van der Waals surface area contributed by atoms with Crippen LogP contribution in [0.1, 0.15) is 32.7 Å². The Kier molecular flexibility index (Phi) is 5.15. The van der Waals surface area contributed by atoms with E-state index in [0.717, 1.165) is 18.1 Å². The second-order valence-corrected chi connectivity index (χ2v) is 8.81. The second-order valence-electron chi connectivity index (χ2n) is 4.09. The highest BCUT2D eigenvalue weighted by atomic mass is 28.4. The van der Waals surface area contributed by atoms with Gasteiger partial charge < -0.3 is 4.43 Å². The molecule has 3 heteroatoms. The first-order valence-corrected chi connectivity index (χ1v) is 8.57. The molecule has 0 aliphatic heterocycles. The molecule has 0 fully saturated rings. The average Bonchev–Trinajstić information content (AvgIpc) is 2.37. The van der Waals surface area contributed by atoms with Crippen LogP contribution in [0.5, 0.6) is 0 Å². The minimum absolute atomic E-state index is 0.634. The van der Waals surface area contributed by atoms with E-state index < -0.39 is 14.7 Å². The summed E-state index contributed by atoms with van der Waals surface area (Å²) in [6.07, 6.45) is -1.26. The predicted octanol–water partition coefficient (Wildman–Crippen LogP) is 4.68. The van der Waals surface area contributed by atoms with Crippen molar-refractivity contribution >= 4 is 8.32 Å². The van der Waals surface area contributed by atoms with Crippen molar-refractivity contribution < 1.29 is 8.82 Å². The molecule has 16 heavy (non-hydrogen) atoms. The third-order valence-corrected chi connectivity index (χ3v) is 7.92. The van der Waals surface area contributed by atoms with Crippen LogP contribution in [0, 0.1) is 0 Å². The van der Waals surface area contributed by atoms with Crippen molar-refractivity contribution in [1.82, 2.24) is 0 Å². The molecular weight excluding hydrogens is 219 g/mol. The van der Waals surface area contributed by atoms with E-state index >= 15 is 0 Å². The van der Waals surface area contributed by atoms with E-state index in [4.69, 9.17) is 4.43 Å². The zero-order valence-electron chi connectivity index (χ0n) is 10.4. The van der Waals surface area contributed by atoms with E-state index in [2.05, 4.69) is 20.8 Å². The maximum Gasteiger partial charge on any atom is 0.216 e. The van der Waals surface area contributed by atoms with Crippen molar-refractivity contribution in [1.29, 1.82) is 0 Å². The molecule has 1 unspecified atom stereocenters. The standard InChI is InChI=1S/C13H21FOSi/c1-4-16(5-2,6-3)15-13(14)12-10-8-7-9-11-12/h7-11,13H,4-6H2,1-3H3. The van der Waals surface area contributed by atoms with E-state index in [1.54, 1.807) is 12.1 Å². The topological polar surface area (TPSA) is 9.23 Å². The lowest BCUT2D eigenvalue weighted by Gasteiger charge is -2.29. The predicted molar refractivity (Wildman–Crippen MR) is 68.6 cm³/mol. The van der Waals surface area contributed by atoms with Crippen LogP contribution in [0.25, 0.3) is 0 Å². The van der Waals surface area contributed by atoms with Crippen LogP contribution in [-0.4, -0.2) is 8.32 Å². The Morgan fingerprint density at radius 2 is 1.56 bits per heavy atom. The van der Waals surface area contributed by atoms with Gasteiger partial charge in [0.05, 0.1) is 0 Å². The van der Waals surface area contributed by atoms with Gasteiger partial charge in [0.1, 0.15) is 0 Å². The summed E-state index contributed by atoms with van der Waals surface area (Å²) < 4.78 is 19.7. The van der Waals surface area contributed by atoms with Crippen molar-refractivity contribution in [2.45, 2.75) is 45.3 Å². The van der Waals surface area contributed by atoms with E-state index in [9.17, 15) is 4.39 Å². The quantitative estimate of drug-likeness (QED) is 0.656. The summed E-state index contributed by atoms with van der Waals surface area (Å²) in [7, 11) is -1.84.